The van der Waals surface area contributed by atoms with E-state index in [2.05, 4.69) is 10.5 Å². The summed E-state index contributed by atoms with van der Waals surface area (Å²) in [6.07, 6.45) is 0.413. The van der Waals surface area contributed by atoms with E-state index >= 15 is 0 Å². The number of fused-ring (bicyclic) bond motifs is 1. The highest BCUT2D eigenvalue weighted by atomic mass is 16.5. The van der Waals surface area contributed by atoms with Gasteiger partial charge in [-0.2, -0.15) is 0 Å². The van der Waals surface area contributed by atoms with Crippen molar-refractivity contribution in [2.45, 2.75) is 6.42 Å². The van der Waals surface area contributed by atoms with Gasteiger partial charge in [0.1, 0.15) is 5.69 Å². The van der Waals surface area contributed by atoms with Gasteiger partial charge in [-0.05, 0) is 17.7 Å². The third-order valence-electron chi connectivity index (χ3n) is 2.55. The molecule has 1 aliphatic heterocycles. The number of amides is 1. The number of nitrogens with one attached hydrogen (secondary N) is 1. The van der Waals surface area contributed by atoms with Crippen molar-refractivity contribution in [3.05, 3.63) is 29.8 Å². The van der Waals surface area contributed by atoms with Gasteiger partial charge in [-0.25, -0.2) is 0 Å². The van der Waals surface area contributed by atoms with Crippen molar-refractivity contribution in [2.24, 2.45) is 0 Å². The Hall–Kier alpha value is -2.30. The summed E-state index contributed by atoms with van der Waals surface area (Å²) in [4.78, 5) is 11.2. The smallest absolute Gasteiger partial charge is 0.228 e. The lowest BCUT2D eigenvalue weighted by Gasteiger charge is -2.00. The number of carbonyl (C=O) groups is 1. The predicted octanol–water partition coefficient (Wildman–Crippen LogP) is 1.42. The normalized spacial score (nSPS) is 13.6. The van der Waals surface area contributed by atoms with Gasteiger partial charge in [-0.15, -0.1) is 0 Å². The number of nitrogen functional groups attached to an aromatic ring is 1. The van der Waals surface area contributed by atoms with E-state index < -0.39 is 0 Å². The Morgan fingerprint density at radius 2 is 2.25 bits per heavy atom. The fourth-order valence-corrected chi connectivity index (χ4v) is 1.81. The maximum absolute atomic E-state index is 11.2. The lowest BCUT2D eigenvalue weighted by molar-refractivity contribution is -0.115. The van der Waals surface area contributed by atoms with Crippen molar-refractivity contribution in [3.8, 4) is 11.3 Å². The average molecular weight is 215 g/mol. The Bertz CT molecular complexity index is 574. The number of hydrogen-bond donors (Lipinski definition) is 2. The van der Waals surface area contributed by atoms with E-state index in [1.54, 1.807) is 6.07 Å². The number of hydrogen-bond acceptors (Lipinski definition) is 4. The molecule has 1 aromatic carbocycles. The first-order valence-corrected chi connectivity index (χ1v) is 4.88. The molecule has 3 rings (SSSR count). The summed E-state index contributed by atoms with van der Waals surface area (Å²) in [5, 5.41) is 6.60. The Labute approximate surface area is 91.2 Å². The van der Waals surface area contributed by atoms with E-state index in [-0.39, 0.29) is 11.8 Å². The van der Waals surface area contributed by atoms with Gasteiger partial charge in [-0.3, -0.25) is 4.79 Å². The van der Waals surface area contributed by atoms with Crippen LogP contribution in [0.15, 0.2) is 28.8 Å². The van der Waals surface area contributed by atoms with Crippen LogP contribution in [0.3, 0.4) is 0 Å². The Kier molecular flexibility index (Phi) is 1.73. The van der Waals surface area contributed by atoms with Crippen LogP contribution in [0.1, 0.15) is 5.56 Å². The number of rotatable bonds is 1. The second-order valence-electron chi connectivity index (χ2n) is 3.71. The minimum atomic E-state index is 0.0202. The number of aromatic nitrogens is 1. The molecule has 5 nitrogen and oxygen atoms in total. The summed E-state index contributed by atoms with van der Waals surface area (Å²) < 4.78 is 4.80. The molecule has 0 unspecified atom stereocenters. The van der Waals surface area contributed by atoms with Crippen molar-refractivity contribution >= 4 is 17.5 Å². The van der Waals surface area contributed by atoms with Crippen molar-refractivity contribution in [1.29, 1.82) is 0 Å². The summed E-state index contributed by atoms with van der Waals surface area (Å²) in [5.74, 6) is 0.302. The Morgan fingerprint density at radius 3 is 3.00 bits per heavy atom. The largest absolute Gasteiger partial charge is 0.368 e. The summed E-state index contributed by atoms with van der Waals surface area (Å²) in [5.41, 5.74) is 8.88. The van der Waals surface area contributed by atoms with Crippen molar-refractivity contribution in [3.63, 3.8) is 0 Å². The van der Waals surface area contributed by atoms with Crippen molar-refractivity contribution < 1.29 is 9.32 Å². The zero-order chi connectivity index (χ0) is 11.1. The highest BCUT2D eigenvalue weighted by Crippen LogP contribution is 2.28. The maximum atomic E-state index is 11.2. The van der Waals surface area contributed by atoms with Gasteiger partial charge in [-0.1, -0.05) is 11.2 Å². The highest BCUT2D eigenvalue weighted by molar-refractivity contribution is 5.99. The number of carbonyl (C=O) groups excluding carboxylic acids is 1. The van der Waals surface area contributed by atoms with Gasteiger partial charge in [0.2, 0.25) is 11.8 Å². The molecule has 80 valence electrons. The predicted molar refractivity (Wildman–Crippen MR) is 58.7 cm³/mol. The standard InChI is InChI=1S/C11H9N3O2/c12-10-5-9(14-16-10)6-1-2-8-7(3-6)4-11(15)13-8/h1-3,5H,4,12H2,(H,13,15). The van der Waals surface area contributed by atoms with Crippen LogP contribution in [0.25, 0.3) is 11.3 Å². The van der Waals surface area contributed by atoms with E-state index in [1.165, 1.54) is 0 Å². The van der Waals surface area contributed by atoms with Crippen LogP contribution in [0, 0.1) is 0 Å². The van der Waals surface area contributed by atoms with Gasteiger partial charge in [0.15, 0.2) is 0 Å². The van der Waals surface area contributed by atoms with Crippen LogP contribution in [0.5, 0.6) is 0 Å². The zero-order valence-electron chi connectivity index (χ0n) is 8.36. The molecule has 1 amide bonds. The molecule has 3 N–H and O–H groups in total. The first-order chi connectivity index (χ1) is 7.72. The van der Waals surface area contributed by atoms with Crippen LogP contribution in [-0.4, -0.2) is 11.1 Å². The lowest BCUT2D eigenvalue weighted by Crippen LogP contribution is -2.03. The van der Waals surface area contributed by atoms with Crippen LogP contribution in [0.4, 0.5) is 11.6 Å². The molecule has 0 spiro atoms. The molecule has 2 aromatic rings. The molecule has 1 aliphatic rings. The van der Waals surface area contributed by atoms with Gasteiger partial charge in [0.05, 0.1) is 6.42 Å². The van der Waals surface area contributed by atoms with Gasteiger partial charge in [0.25, 0.3) is 0 Å². The monoisotopic (exact) mass is 215 g/mol. The summed E-state index contributed by atoms with van der Waals surface area (Å²) >= 11 is 0. The molecule has 0 radical (unpaired) electrons. The minimum absolute atomic E-state index is 0.0202. The van der Waals surface area contributed by atoms with Crippen LogP contribution in [-0.2, 0) is 11.2 Å². The zero-order valence-corrected chi connectivity index (χ0v) is 8.36. The first kappa shape index (κ1) is 8.96. The Morgan fingerprint density at radius 1 is 1.38 bits per heavy atom. The lowest BCUT2D eigenvalue weighted by atomic mass is 10.1. The summed E-state index contributed by atoms with van der Waals surface area (Å²) in [6.45, 7) is 0. The fraction of sp³-hybridized carbons (Fsp3) is 0.0909. The SMILES string of the molecule is Nc1cc(-c2ccc3c(c2)CC(=O)N3)no1. The topological polar surface area (TPSA) is 81.2 Å². The quantitative estimate of drug-likeness (QED) is 0.753. The second-order valence-corrected chi connectivity index (χ2v) is 3.71. The first-order valence-electron chi connectivity index (χ1n) is 4.88. The third-order valence-corrected chi connectivity index (χ3v) is 2.55. The molecule has 0 aliphatic carbocycles. The molecule has 0 saturated heterocycles. The second kappa shape index (κ2) is 3.10. The van der Waals surface area contributed by atoms with E-state index in [1.807, 2.05) is 18.2 Å². The van der Waals surface area contributed by atoms with Gasteiger partial charge < -0.3 is 15.6 Å². The maximum Gasteiger partial charge on any atom is 0.228 e. The number of anilines is 2. The van der Waals surface area contributed by atoms with Crippen LogP contribution < -0.4 is 11.1 Å². The molecule has 0 atom stereocenters. The van der Waals surface area contributed by atoms with Gasteiger partial charge >= 0.3 is 0 Å². The molecular formula is C11H9N3O2. The van der Waals surface area contributed by atoms with Gasteiger partial charge in [0, 0.05) is 17.3 Å². The molecule has 0 bridgehead atoms. The van der Waals surface area contributed by atoms with Crippen LogP contribution in [0.2, 0.25) is 0 Å². The van der Waals surface area contributed by atoms with E-state index in [0.717, 1.165) is 16.8 Å². The number of nitrogens with two attached hydrogens (primary N) is 1. The molecule has 0 saturated carbocycles. The summed E-state index contributed by atoms with van der Waals surface area (Å²) in [7, 11) is 0. The van der Waals surface area contributed by atoms with E-state index in [0.29, 0.717) is 12.1 Å². The summed E-state index contributed by atoms with van der Waals surface area (Å²) in [6, 6.07) is 7.32. The Balaban J connectivity index is 2.05. The third kappa shape index (κ3) is 1.33. The van der Waals surface area contributed by atoms with E-state index in [4.69, 9.17) is 10.3 Å². The minimum Gasteiger partial charge on any atom is -0.368 e. The highest BCUT2D eigenvalue weighted by Gasteiger charge is 2.18. The fourth-order valence-electron chi connectivity index (χ4n) is 1.81. The average Bonchev–Trinajstić information content (AvgIpc) is 2.81. The molecular weight excluding hydrogens is 206 g/mol. The van der Waals surface area contributed by atoms with Crippen LogP contribution >= 0.6 is 0 Å². The molecule has 0 fully saturated rings. The number of nitrogens with zero attached hydrogens (tertiary/aromatic N) is 1. The molecule has 1 aromatic heterocycles. The molecule has 5 heteroatoms. The van der Waals surface area contributed by atoms with Crippen molar-refractivity contribution in [1.82, 2.24) is 5.16 Å². The number of benzene rings is 1. The van der Waals surface area contributed by atoms with E-state index in [9.17, 15) is 4.79 Å². The molecule has 16 heavy (non-hydrogen) atoms. The molecule has 2 heterocycles. The van der Waals surface area contributed by atoms with Crippen molar-refractivity contribution in [2.75, 3.05) is 11.1 Å².